The molecule has 0 spiro atoms. The Morgan fingerprint density at radius 2 is 2.16 bits per heavy atom. The molecule has 1 saturated carbocycles. The number of carbonyl (C=O) groups is 1. The van der Waals surface area contributed by atoms with Crippen molar-refractivity contribution < 1.29 is 14.6 Å². The first kappa shape index (κ1) is 17.4. The van der Waals surface area contributed by atoms with Crippen LogP contribution < -0.4 is 10.1 Å². The Balaban J connectivity index is 1.80. The number of aryl methyl sites for hydroxylation is 1. The Morgan fingerprint density at radius 1 is 1.36 bits per heavy atom. The molecule has 2 aromatic rings. The maximum atomic E-state index is 12.7. The molecule has 0 aliphatic heterocycles. The predicted octanol–water partition coefficient (Wildman–Crippen LogP) is 2.29. The van der Waals surface area contributed by atoms with Crippen molar-refractivity contribution in [1.82, 2.24) is 15.3 Å². The molecule has 0 bridgehead atoms. The highest BCUT2D eigenvalue weighted by Gasteiger charge is 2.36. The highest BCUT2D eigenvalue weighted by Crippen LogP contribution is 2.38. The summed E-state index contributed by atoms with van der Waals surface area (Å²) < 4.78 is 5.10. The summed E-state index contributed by atoms with van der Waals surface area (Å²) in [5.41, 5.74) is 2.39. The largest absolute Gasteiger partial charge is 0.481 e. The topological polar surface area (TPSA) is 84.3 Å². The van der Waals surface area contributed by atoms with E-state index in [2.05, 4.69) is 15.3 Å². The Kier molecular flexibility index (Phi) is 5.28. The van der Waals surface area contributed by atoms with Gasteiger partial charge in [-0.15, -0.1) is 0 Å². The Labute approximate surface area is 147 Å². The highest BCUT2D eigenvalue weighted by atomic mass is 16.5. The van der Waals surface area contributed by atoms with Crippen molar-refractivity contribution in [3.63, 3.8) is 0 Å². The standard InChI is InChI=1S/C19H23N3O3/c1-3-15-8-12(6-7-20-15)19(24)22-18(14-9-16(23)10-14)13-4-5-17(25-2)21-11-13/h4-8,11,14,16,18,23H,3,9-10H2,1-2H3,(H,22,24)/t14?,16?,18-/m1/s1. The number of nitrogens with one attached hydrogen (secondary N) is 1. The van der Waals surface area contributed by atoms with Gasteiger partial charge in [0.25, 0.3) is 5.91 Å². The van der Waals surface area contributed by atoms with Crippen LogP contribution in [0.3, 0.4) is 0 Å². The quantitative estimate of drug-likeness (QED) is 0.842. The molecule has 0 radical (unpaired) electrons. The third-order valence-electron chi connectivity index (χ3n) is 4.68. The molecule has 1 aliphatic carbocycles. The molecule has 0 aromatic carbocycles. The summed E-state index contributed by atoms with van der Waals surface area (Å²) in [5, 5.41) is 12.8. The second-order valence-electron chi connectivity index (χ2n) is 6.36. The van der Waals surface area contributed by atoms with E-state index in [4.69, 9.17) is 4.74 Å². The first-order valence-corrected chi connectivity index (χ1v) is 8.54. The van der Waals surface area contributed by atoms with Crippen molar-refractivity contribution in [1.29, 1.82) is 0 Å². The zero-order chi connectivity index (χ0) is 17.8. The van der Waals surface area contributed by atoms with Gasteiger partial charge in [-0.05, 0) is 42.9 Å². The molecule has 3 rings (SSSR count). The summed E-state index contributed by atoms with van der Waals surface area (Å²) in [7, 11) is 1.57. The third kappa shape index (κ3) is 3.96. The first-order valence-electron chi connectivity index (χ1n) is 8.54. The van der Waals surface area contributed by atoms with Crippen LogP contribution in [0.4, 0.5) is 0 Å². The number of rotatable bonds is 6. The number of aromatic nitrogens is 2. The van der Waals surface area contributed by atoms with Crippen molar-refractivity contribution in [2.75, 3.05) is 7.11 Å². The summed E-state index contributed by atoms with van der Waals surface area (Å²) >= 11 is 0. The molecule has 1 amide bonds. The van der Waals surface area contributed by atoms with Gasteiger partial charge in [-0.25, -0.2) is 4.98 Å². The van der Waals surface area contributed by atoms with Gasteiger partial charge in [0.2, 0.25) is 5.88 Å². The average molecular weight is 341 g/mol. The van der Waals surface area contributed by atoms with Crippen LogP contribution in [0.2, 0.25) is 0 Å². The van der Waals surface area contributed by atoms with E-state index in [1.807, 2.05) is 19.1 Å². The molecule has 0 saturated heterocycles. The van der Waals surface area contributed by atoms with Gasteiger partial charge < -0.3 is 15.2 Å². The number of aliphatic hydroxyl groups is 1. The van der Waals surface area contributed by atoms with Crippen LogP contribution in [0.1, 0.15) is 47.4 Å². The molecule has 0 unspecified atom stereocenters. The fourth-order valence-electron chi connectivity index (χ4n) is 3.11. The molecule has 6 nitrogen and oxygen atoms in total. The van der Waals surface area contributed by atoms with Crippen LogP contribution in [-0.4, -0.2) is 34.2 Å². The Hall–Kier alpha value is -2.47. The fourth-order valence-corrected chi connectivity index (χ4v) is 3.11. The van der Waals surface area contributed by atoms with Crippen LogP contribution >= 0.6 is 0 Å². The third-order valence-corrected chi connectivity index (χ3v) is 4.68. The van der Waals surface area contributed by atoms with Crippen molar-refractivity contribution in [2.45, 2.75) is 38.3 Å². The van der Waals surface area contributed by atoms with Gasteiger partial charge in [0.05, 0.1) is 19.3 Å². The highest BCUT2D eigenvalue weighted by molar-refractivity contribution is 5.94. The summed E-state index contributed by atoms with van der Waals surface area (Å²) in [6.45, 7) is 2.01. The lowest BCUT2D eigenvalue weighted by molar-refractivity contribution is 0.0234. The van der Waals surface area contributed by atoms with Crippen LogP contribution in [0.15, 0.2) is 36.7 Å². The van der Waals surface area contributed by atoms with Crippen LogP contribution in [0.5, 0.6) is 5.88 Å². The van der Waals surface area contributed by atoms with Gasteiger partial charge in [0, 0.05) is 29.7 Å². The van der Waals surface area contributed by atoms with E-state index in [1.54, 1.807) is 31.6 Å². The van der Waals surface area contributed by atoms with Gasteiger partial charge in [0.1, 0.15) is 0 Å². The molecule has 6 heteroatoms. The summed E-state index contributed by atoms with van der Waals surface area (Å²) in [4.78, 5) is 21.2. The molecule has 2 N–H and O–H groups in total. The maximum absolute atomic E-state index is 12.7. The lowest BCUT2D eigenvalue weighted by Crippen LogP contribution is -2.41. The van der Waals surface area contributed by atoms with E-state index in [0.717, 1.165) is 17.7 Å². The number of aliphatic hydroxyl groups excluding tert-OH is 1. The van der Waals surface area contributed by atoms with Crippen molar-refractivity contribution >= 4 is 5.91 Å². The van der Waals surface area contributed by atoms with E-state index in [1.165, 1.54) is 0 Å². The lowest BCUT2D eigenvalue weighted by Gasteiger charge is -2.38. The number of amides is 1. The average Bonchev–Trinajstić information content (AvgIpc) is 2.64. The Bertz CT molecular complexity index is 727. The van der Waals surface area contributed by atoms with Gasteiger partial charge in [0.15, 0.2) is 0 Å². The number of carbonyl (C=O) groups excluding carboxylic acids is 1. The van der Waals surface area contributed by atoms with Crippen molar-refractivity contribution in [2.24, 2.45) is 5.92 Å². The zero-order valence-corrected chi connectivity index (χ0v) is 14.5. The fraction of sp³-hybridized carbons (Fsp3) is 0.421. The smallest absolute Gasteiger partial charge is 0.251 e. The van der Waals surface area contributed by atoms with Crippen LogP contribution in [-0.2, 0) is 6.42 Å². The monoisotopic (exact) mass is 341 g/mol. The van der Waals surface area contributed by atoms with Gasteiger partial charge >= 0.3 is 0 Å². The van der Waals surface area contributed by atoms with E-state index in [0.29, 0.717) is 24.3 Å². The molecule has 2 heterocycles. The maximum Gasteiger partial charge on any atom is 0.251 e. The van der Waals surface area contributed by atoms with E-state index < -0.39 is 0 Å². The minimum Gasteiger partial charge on any atom is -0.481 e. The number of nitrogens with zero attached hydrogens (tertiary/aromatic N) is 2. The second kappa shape index (κ2) is 7.61. The molecule has 25 heavy (non-hydrogen) atoms. The second-order valence-corrected chi connectivity index (χ2v) is 6.36. The lowest BCUT2D eigenvalue weighted by atomic mass is 9.75. The first-order chi connectivity index (χ1) is 12.1. The molecule has 1 aliphatic rings. The molecular formula is C19H23N3O3. The number of hydrogen-bond acceptors (Lipinski definition) is 5. The molecule has 132 valence electrons. The number of methoxy groups -OCH3 is 1. The zero-order valence-electron chi connectivity index (χ0n) is 14.5. The SMILES string of the molecule is CCc1cc(C(=O)N[C@H](c2ccc(OC)nc2)C2CC(O)C2)ccn1. The van der Waals surface area contributed by atoms with Gasteiger partial charge in [-0.1, -0.05) is 13.0 Å². The summed E-state index contributed by atoms with van der Waals surface area (Å²) in [6, 6.07) is 7.03. The normalized spacial score (nSPS) is 20.4. The summed E-state index contributed by atoms with van der Waals surface area (Å²) in [6.07, 6.45) is 5.22. The van der Waals surface area contributed by atoms with Crippen LogP contribution in [0, 0.1) is 5.92 Å². The van der Waals surface area contributed by atoms with E-state index in [-0.39, 0.29) is 24.0 Å². The van der Waals surface area contributed by atoms with Gasteiger partial charge in [-0.3, -0.25) is 9.78 Å². The molecule has 2 aromatic heterocycles. The Morgan fingerprint density at radius 3 is 2.76 bits per heavy atom. The number of ether oxygens (including phenoxy) is 1. The van der Waals surface area contributed by atoms with Crippen molar-refractivity contribution in [3.8, 4) is 5.88 Å². The minimum absolute atomic E-state index is 0.140. The molecule has 1 atom stereocenters. The number of hydrogen-bond donors (Lipinski definition) is 2. The van der Waals surface area contributed by atoms with Crippen LogP contribution in [0.25, 0.3) is 0 Å². The van der Waals surface area contributed by atoms with Crippen molar-refractivity contribution in [3.05, 3.63) is 53.5 Å². The van der Waals surface area contributed by atoms with E-state index >= 15 is 0 Å². The minimum atomic E-state index is -0.289. The predicted molar refractivity (Wildman–Crippen MR) is 93.3 cm³/mol. The van der Waals surface area contributed by atoms with E-state index in [9.17, 15) is 9.90 Å². The molecular weight excluding hydrogens is 318 g/mol. The number of pyridine rings is 2. The van der Waals surface area contributed by atoms with Gasteiger partial charge in [-0.2, -0.15) is 0 Å². The molecule has 1 fully saturated rings. The summed E-state index contributed by atoms with van der Waals surface area (Å²) in [5.74, 6) is 0.588.